The molecule has 0 amide bonds. The molecule has 0 heterocycles. The van der Waals surface area contributed by atoms with Gasteiger partial charge in [0.25, 0.3) is 5.78 Å². The Labute approximate surface area is 155 Å². The number of carbonyl (C=O) groups is 2. The van der Waals surface area contributed by atoms with Gasteiger partial charge in [-0.15, -0.1) is 0 Å². The lowest BCUT2D eigenvalue weighted by atomic mass is 10.1. The summed E-state index contributed by atoms with van der Waals surface area (Å²) in [4.78, 5) is 22.0. The number of carboxylic acids is 1. The zero-order valence-corrected chi connectivity index (χ0v) is 15.0. The highest BCUT2D eigenvalue weighted by atomic mass is 32.2. The molecule has 138 valence electrons. The molecule has 0 aliphatic carbocycles. The van der Waals surface area contributed by atoms with Gasteiger partial charge in [0.15, 0.2) is 9.84 Å². The SMILES string of the molecule is O=C(O)C(=O)c1ccc(S(=O)(=O)CCOc2ccc3ccccc3c2)cc1. The molecule has 27 heavy (non-hydrogen) atoms. The van der Waals surface area contributed by atoms with Crippen molar-refractivity contribution < 1.29 is 27.9 Å². The molecule has 6 nitrogen and oxygen atoms in total. The Hall–Kier alpha value is -3.19. The maximum Gasteiger partial charge on any atom is 0.377 e. The summed E-state index contributed by atoms with van der Waals surface area (Å²) in [5.74, 6) is -2.34. The van der Waals surface area contributed by atoms with Crippen LogP contribution in [0.15, 0.2) is 71.6 Å². The second kappa shape index (κ2) is 7.59. The molecule has 0 spiro atoms. The summed E-state index contributed by atoms with van der Waals surface area (Å²) < 4.78 is 30.3. The molecular formula is C20H16O6S. The Morgan fingerprint density at radius 1 is 0.889 bits per heavy atom. The Bertz CT molecular complexity index is 1100. The van der Waals surface area contributed by atoms with Crippen LogP contribution in [0.3, 0.4) is 0 Å². The van der Waals surface area contributed by atoms with Gasteiger partial charge in [-0.1, -0.05) is 30.3 Å². The minimum Gasteiger partial charge on any atom is -0.493 e. The van der Waals surface area contributed by atoms with Crippen molar-refractivity contribution >= 4 is 32.4 Å². The van der Waals surface area contributed by atoms with Crippen molar-refractivity contribution in [2.75, 3.05) is 12.4 Å². The van der Waals surface area contributed by atoms with E-state index in [9.17, 15) is 18.0 Å². The first-order chi connectivity index (χ1) is 12.9. The van der Waals surface area contributed by atoms with E-state index in [1.807, 2.05) is 36.4 Å². The monoisotopic (exact) mass is 384 g/mol. The summed E-state index contributed by atoms with van der Waals surface area (Å²) >= 11 is 0. The van der Waals surface area contributed by atoms with Crippen molar-refractivity contribution in [3.63, 3.8) is 0 Å². The van der Waals surface area contributed by atoms with Gasteiger partial charge in [-0.2, -0.15) is 0 Å². The van der Waals surface area contributed by atoms with Gasteiger partial charge in [0.05, 0.1) is 10.6 Å². The van der Waals surface area contributed by atoms with E-state index in [2.05, 4.69) is 0 Å². The van der Waals surface area contributed by atoms with E-state index in [1.54, 1.807) is 6.07 Å². The Balaban J connectivity index is 1.65. The summed E-state index contributed by atoms with van der Waals surface area (Å²) in [6.07, 6.45) is 0. The molecule has 0 radical (unpaired) electrons. The van der Waals surface area contributed by atoms with Gasteiger partial charge in [-0.05, 0) is 47.2 Å². The first-order valence-electron chi connectivity index (χ1n) is 8.09. The summed E-state index contributed by atoms with van der Waals surface area (Å²) in [7, 11) is -3.62. The number of ether oxygens (including phenoxy) is 1. The van der Waals surface area contributed by atoms with Crippen molar-refractivity contribution in [3.05, 3.63) is 72.3 Å². The predicted octanol–water partition coefficient (Wildman–Crippen LogP) is 2.96. The molecule has 1 N–H and O–H groups in total. The Morgan fingerprint density at radius 3 is 2.22 bits per heavy atom. The lowest BCUT2D eigenvalue weighted by Crippen LogP contribution is -2.15. The molecule has 7 heteroatoms. The quantitative estimate of drug-likeness (QED) is 0.497. The van der Waals surface area contributed by atoms with Crippen LogP contribution in [0, 0.1) is 0 Å². The molecule has 0 aromatic heterocycles. The summed E-state index contributed by atoms with van der Waals surface area (Å²) in [5, 5.41) is 10.7. The third-order valence-electron chi connectivity index (χ3n) is 4.01. The van der Waals surface area contributed by atoms with Gasteiger partial charge in [-0.3, -0.25) is 4.79 Å². The van der Waals surface area contributed by atoms with Crippen LogP contribution in [-0.2, 0) is 14.6 Å². The first-order valence-corrected chi connectivity index (χ1v) is 9.74. The largest absolute Gasteiger partial charge is 0.493 e. The molecule has 0 saturated carbocycles. The maximum atomic E-state index is 12.4. The lowest BCUT2D eigenvalue weighted by molar-refractivity contribution is -0.131. The van der Waals surface area contributed by atoms with E-state index >= 15 is 0 Å². The van der Waals surface area contributed by atoms with Crippen LogP contribution in [0.5, 0.6) is 5.75 Å². The standard InChI is InChI=1S/C20H16O6S/c21-19(20(22)23)15-6-9-18(10-7-15)27(24,25)12-11-26-17-8-5-14-3-1-2-4-16(14)13-17/h1-10,13H,11-12H2,(H,22,23). The normalized spacial score (nSPS) is 11.3. The van der Waals surface area contributed by atoms with Crippen molar-refractivity contribution in [3.8, 4) is 5.75 Å². The van der Waals surface area contributed by atoms with Gasteiger partial charge in [0, 0.05) is 5.56 Å². The number of carboxylic acid groups (broad SMARTS) is 1. The van der Waals surface area contributed by atoms with Gasteiger partial charge in [0.2, 0.25) is 0 Å². The molecule has 0 unspecified atom stereocenters. The van der Waals surface area contributed by atoms with Crippen LogP contribution in [0.1, 0.15) is 10.4 Å². The molecule has 0 fully saturated rings. The molecule has 0 saturated heterocycles. The highest BCUT2D eigenvalue weighted by molar-refractivity contribution is 7.91. The number of aliphatic carboxylic acids is 1. The minimum absolute atomic E-state index is 0.00607. The summed E-state index contributed by atoms with van der Waals surface area (Å²) in [5.41, 5.74) is -0.0751. The van der Waals surface area contributed by atoms with Gasteiger partial charge in [-0.25, -0.2) is 13.2 Å². The smallest absolute Gasteiger partial charge is 0.377 e. The molecule has 0 bridgehead atoms. The Kier molecular flexibility index (Phi) is 5.23. The molecule has 3 aromatic carbocycles. The number of hydrogen-bond acceptors (Lipinski definition) is 5. The van der Waals surface area contributed by atoms with Crippen LogP contribution < -0.4 is 4.74 Å². The fourth-order valence-corrected chi connectivity index (χ4v) is 3.67. The highest BCUT2D eigenvalue weighted by Gasteiger charge is 2.18. The van der Waals surface area contributed by atoms with Crippen molar-refractivity contribution in [2.45, 2.75) is 4.90 Å². The fraction of sp³-hybridized carbons (Fsp3) is 0.100. The second-order valence-corrected chi connectivity index (χ2v) is 7.94. The van der Waals surface area contributed by atoms with E-state index in [4.69, 9.17) is 9.84 Å². The zero-order chi connectivity index (χ0) is 19.4. The number of sulfone groups is 1. The summed E-state index contributed by atoms with van der Waals surface area (Å²) in [6.45, 7) is -0.0313. The van der Waals surface area contributed by atoms with Gasteiger partial charge < -0.3 is 9.84 Å². The van der Waals surface area contributed by atoms with Gasteiger partial charge >= 0.3 is 5.97 Å². The molecule has 0 atom stereocenters. The maximum absolute atomic E-state index is 12.4. The molecule has 0 aliphatic rings. The average molecular weight is 384 g/mol. The van der Waals surface area contributed by atoms with Gasteiger partial charge in [0.1, 0.15) is 12.4 Å². The molecule has 3 rings (SSSR count). The first kappa shape index (κ1) is 18.6. The topological polar surface area (TPSA) is 97.7 Å². The summed E-state index contributed by atoms with van der Waals surface area (Å²) in [6, 6.07) is 18.1. The van der Waals surface area contributed by atoms with E-state index in [0.717, 1.165) is 10.8 Å². The van der Waals surface area contributed by atoms with Crippen LogP contribution in [0.25, 0.3) is 10.8 Å². The number of rotatable bonds is 7. The molecular weight excluding hydrogens is 368 g/mol. The van der Waals surface area contributed by atoms with E-state index in [1.165, 1.54) is 24.3 Å². The lowest BCUT2D eigenvalue weighted by Gasteiger charge is -2.08. The number of fused-ring (bicyclic) bond motifs is 1. The number of benzene rings is 3. The van der Waals surface area contributed by atoms with Crippen molar-refractivity contribution in [1.82, 2.24) is 0 Å². The van der Waals surface area contributed by atoms with E-state index in [0.29, 0.717) is 5.75 Å². The number of hydrogen-bond donors (Lipinski definition) is 1. The van der Waals surface area contributed by atoms with Crippen LogP contribution in [0.4, 0.5) is 0 Å². The van der Waals surface area contributed by atoms with Crippen LogP contribution >= 0.6 is 0 Å². The molecule has 0 aliphatic heterocycles. The molecule has 3 aromatic rings. The van der Waals surface area contributed by atoms with Crippen molar-refractivity contribution in [1.29, 1.82) is 0 Å². The van der Waals surface area contributed by atoms with E-state index in [-0.39, 0.29) is 22.8 Å². The third kappa shape index (κ3) is 4.32. The zero-order valence-electron chi connectivity index (χ0n) is 14.2. The number of carbonyl (C=O) groups excluding carboxylic acids is 1. The van der Waals surface area contributed by atoms with E-state index < -0.39 is 21.6 Å². The fourth-order valence-electron chi connectivity index (χ4n) is 2.58. The number of ketones is 1. The highest BCUT2D eigenvalue weighted by Crippen LogP contribution is 2.21. The Morgan fingerprint density at radius 2 is 1.56 bits per heavy atom. The predicted molar refractivity (Wildman–Crippen MR) is 99.9 cm³/mol. The third-order valence-corrected chi connectivity index (χ3v) is 5.71. The van der Waals surface area contributed by atoms with Crippen LogP contribution in [0.2, 0.25) is 0 Å². The van der Waals surface area contributed by atoms with Crippen LogP contribution in [-0.4, -0.2) is 37.6 Å². The second-order valence-electron chi connectivity index (χ2n) is 5.83. The number of Topliss-reactive ketones (excluding diaryl/α,β-unsaturated/α-hetero) is 1. The minimum atomic E-state index is -3.62. The average Bonchev–Trinajstić information content (AvgIpc) is 2.67. The van der Waals surface area contributed by atoms with Crippen molar-refractivity contribution in [2.24, 2.45) is 0 Å².